The van der Waals surface area contributed by atoms with Crippen LogP contribution in [0.2, 0.25) is 0 Å². The van der Waals surface area contributed by atoms with Crippen LogP contribution in [0.3, 0.4) is 0 Å². The van der Waals surface area contributed by atoms with Crippen LogP contribution in [0.15, 0.2) is 54.6 Å². The highest BCUT2D eigenvalue weighted by Gasteiger charge is 2.12. The lowest BCUT2D eigenvalue weighted by Crippen LogP contribution is -2.38. The van der Waals surface area contributed by atoms with Gasteiger partial charge < -0.3 is 9.80 Å². The first kappa shape index (κ1) is 15.1. The second kappa shape index (κ2) is 7.46. The van der Waals surface area contributed by atoms with Gasteiger partial charge in [-0.3, -0.25) is 0 Å². The number of para-hydroxylation sites is 1. The Bertz CT molecular complexity index is 558. The zero-order valence-corrected chi connectivity index (χ0v) is 13.5. The molecule has 0 unspecified atom stereocenters. The molecule has 2 aromatic carbocycles. The summed E-state index contributed by atoms with van der Waals surface area (Å²) in [5.41, 5.74) is 4.14. The van der Waals surface area contributed by atoms with Crippen molar-refractivity contribution in [3.8, 4) is 0 Å². The van der Waals surface area contributed by atoms with Crippen LogP contribution in [0.5, 0.6) is 0 Å². The standard InChI is InChI=1S/C20H26N2/c1-2-22(20-7-4-3-5-8-20)17-19-11-9-18(10-12-19)13-16-21-14-6-15-21/h3-5,7-12H,2,6,13-17H2,1H3. The van der Waals surface area contributed by atoms with Gasteiger partial charge in [0.1, 0.15) is 0 Å². The van der Waals surface area contributed by atoms with Crippen LogP contribution in [0.4, 0.5) is 5.69 Å². The molecule has 0 spiro atoms. The topological polar surface area (TPSA) is 6.48 Å². The van der Waals surface area contributed by atoms with Crippen molar-refractivity contribution >= 4 is 5.69 Å². The minimum atomic E-state index is 0.979. The second-order valence-corrected chi connectivity index (χ2v) is 6.11. The minimum absolute atomic E-state index is 0.979. The highest BCUT2D eigenvalue weighted by atomic mass is 15.2. The second-order valence-electron chi connectivity index (χ2n) is 6.11. The average Bonchev–Trinajstić information content (AvgIpc) is 2.53. The molecule has 1 aliphatic rings. The third kappa shape index (κ3) is 3.89. The van der Waals surface area contributed by atoms with Gasteiger partial charge in [0.2, 0.25) is 0 Å². The van der Waals surface area contributed by atoms with Crippen molar-refractivity contribution in [2.45, 2.75) is 26.3 Å². The van der Waals surface area contributed by atoms with E-state index in [0.29, 0.717) is 0 Å². The maximum Gasteiger partial charge on any atom is 0.0429 e. The Labute approximate surface area is 134 Å². The first-order chi connectivity index (χ1) is 10.8. The Hall–Kier alpha value is -1.80. The first-order valence-corrected chi connectivity index (χ1v) is 8.45. The summed E-state index contributed by atoms with van der Waals surface area (Å²) in [5.74, 6) is 0. The normalized spacial score (nSPS) is 14.6. The first-order valence-electron chi connectivity index (χ1n) is 8.45. The summed E-state index contributed by atoms with van der Waals surface area (Å²) in [6.07, 6.45) is 2.56. The summed E-state index contributed by atoms with van der Waals surface area (Å²) >= 11 is 0. The average molecular weight is 294 g/mol. The predicted molar refractivity (Wildman–Crippen MR) is 94.4 cm³/mol. The number of hydrogen-bond donors (Lipinski definition) is 0. The van der Waals surface area contributed by atoms with E-state index in [1.807, 2.05) is 0 Å². The molecule has 0 saturated carbocycles. The zero-order valence-electron chi connectivity index (χ0n) is 13.5. The molecule has 1 heterocycles. The Kier molecular flexibility index (Phi) is 5.12. The summed E-state index contributed by atoms with van der Waals surface area (Å²) in [4.78, 5) is 4.94. The van der Waals surface area contributed by atoms with Gasteiger partial charge in [-0.25, -0.2) is 0 Å². The highest BCUT2D eigenvalue weighted by molar-refractivity contribution is 5.46. The molecule has 1 saturated heterocycles. The lowest BCUT2D eigenvalue weighted by atomic mass is 10.1. The number of likely N-dealkylation sites (tertiary alicyclic amines) is 1. The largest absolute Gasteiger partial charge is 0.367 e. The van der Waals surface area contributed by atoms with Crippen molar-refractivity contribution in [2.75, 3.05) is 31.1 Å². The van der Waals surface area contributed by atoms with Crippen LogP contribution < -0.4 is 4.90 Å². The Morgan fingerprint density at radius 3 is 2.18 bits per heavy atom. The molecule has 2 heteroatoms. The molecular formula is C20H26N2. The molecule has 0 aromatic heterocycles. The number of nitrogens with zero attached hydrogens (tertiary/aromatic N) is 2. The van der Waals surface area contributed by atoms with Crippen LogP contribution in [-0.2, 0) is 13.0 Å². The van der Waals surface area contributed by atoms with E-state index >= 15 is 0 Å². The molecule has 0 atom stereocenters. The fourth-order valence-corrected chi connectivity index (χ4v) is 2.95. The summed E-state index contributed by atoms with van der Waals surface area (Å²) in [5, 5.41) is 0. The summed E-state index contributed by atoms with van der Waals surface area (Å²) < 4.78 is 0. The maximum absolute atomic E-state index is 2.53. The molecule has 1 fully saturated rings. The monoisotopic (exact) mass is 294 g/mol. The van der Waals surface area contributed by atoms with E-state index in [-0.39, 0.29) is 0 Å². The molecule has 0 N–H and O–H groups in total. The molecule has 22 heavy (non-hydrogen) atoms. The van der Waals surface area contributed by atoms with Gasteiger partial charge in [-0.2, -0.15) is 0 Å². The van der Waals surface area contributed by atoms with Crippen LogP contribution >= 0.6 is 0 Å². The van der Waals surface area contributed by atoms with Crippen molar-refractivity contribution in [3.05, 3.63) is 65.7 Å². The minimum Gasteiger partial charge on any atom is -0.367 e. The fourth-order valence-electron chi connectivity index (χ4n) is 2.95. The predicted octanol–water partition coefficient (Wildman–Crippen LogP) is 3.96. The van der Waals surface area contributed by atoms with E-state index in [2.05, 4.69) is 71.3 Å². The van der Waals surface area contributed by atoms with E-state index in [4.69, 9.17) is 0 Å². The van der Waals surface area contributed by atoms with E-state index in [0.717, 1.165) is 13.1 Å². The van der Waals surface area contributed by atoms with E-state index in [1.165, 1.54) is 49.3 Å². The van der Waals surface area contributed by atoms with Crippen molar-refractivity contribution < 1.29 is 0 Å². The zero-order chi connectivity index (χ0) is 15.2. The van der Waals surface area contributed by atoms with Gasteiger partial charge >= 0.3 is 0 Å². The van der Waals surface area contributed by atoms with Crippen molar-refractivity contribution in [2.24, 2.45) is 0 Å². The molecule has 1 aliphatic heterocycles. The molecule has 116 valence electrons. The number of rotatable bonds is 7. The molecule has 2 aromatic rings. The van der Waals surface area contributed by atoms with Gasteiger partial charge in [-0.15, -0.1) is 0 Å². The van der Waals surface area contributed by atoms with Gasteiger partial charge in [0.15, 0.2) is 0 Å². The van der Waals surface area contributed by atoms with Crippen molar-refractivity contribution in [1.82, 2.24) is 4.90 Å². The van der Waals surface area contributed by atoms with Crippen LogP contribution in [0.1, 0.15) is 24.5 Å². The molecule has 3 rings (SSSR count). The Balaban J connectivity index is 1.57. The molecule has 0 radical (unpaired) electrons. The molecule has 0 aliphatic carbocycles. The molecular weight excluding hydrogens is 268 g/mol. The summed E-state index contributed by atoms with van der Waals surface area (Å²) in [7, 11) is 0. The quantitative estimate of drug-likeness (QED) is 0.762. The van der Waals surface area contributed by atoms with Crippen LogP contribution in [0, 0.1) is 0 Å². The molecule has 0 amide bonds. The number of anilines is 1. The fraction of sp³-hybridized carbons (Fsp3) is 0.400. The highest BCUT2D eigenvalue weighted by Crippen LogP contribution is 2.17. The maximum atomic E-state index is 2.53. The summed E-state index contributed by atoms with van der Waals surface area (Å²) in [6, 6.07) is 19.8. The molecule has 2 nitrogen and oxygen atoms in total. The smallest absolute Gasteiger partial charge is 0.0429 e. The number of benzene rings is 2. The third-order valence-corrected chi connectivity index (χ3v) is 4.56. The lowest BCUT2D eigenvalue weighted by Gasteiger charge is -2.30. The van der Waals surface area contributed by atoms with Gasteiger partial charge in [-0.05, 0) is 56.1 Å². The number of hydrogen-bond acceptors (Lipinski definition) is 2. The van der Waals surface area contributed by atoms with E-state index in [1.54, 1.807) is 0 Å². The Morgan fingerprint density at radius 2 is 1.59 bits per heavy atom. The van der Waals surface area contributed by atoms with Gasteiger partial charge in [-0.1, -0.05) is 42.5 Å². The SMILES string of the molecule is CCN(Cc1ccc(CCN2CCC2)cc1)c1ccccc1. The van der Waals surface area contributed by atoms with Gasteiger partial charge in [0.25, 0.3) is 0 Å². The van der Waals surface area contributed by atoms with Crippen LogP contribution in [-0.4, -0.2) is 31.1 Å². The summed E-state index contributed by atoms with van der Waals surface area (Å²) in [6.45, 7) is 8.02. The van der Waals surface area contributed by atoms with Gasteiger partial charge in [0.05, 0.1) is 0 Å². The molecule has 0 bridgehead atoms. The lowest BCUT2D eigenvalue weighted by molar-refractivity contribution is 0.184. The van der Waals surface area contributed by atoms with Gasteiger partial charge in [0, 0.05) is 25.3 Å². The van der Waals surface area contributed by atoms with E-state index < -0.39 is 0 Å². The van der Waals surface area contributed by atoms with Crippen molar-refractivity contribution in [1.29, 1.82) is 0 Å². The van der Waals surface area contributed by atoms with Crippen LogP contribution in [0.25, 0.3) is 0 Å². The van der Waals surface area contributed by atoms with E-state index in [9.17, 15) is 0 Å². The Morgan fingerprint density at radius 1 is 0.909 bits per heavy atom. The van der Waals surface area contributed by atoms with Crippen molar-refractivity contribution in [3.63, 3.8) is 0 Å². The third-order valence-electron chi connectivity index (χ3n) is 4.56.